The number of rotatable bonds is 11. The Morgan fingerprint density at radius 2 is 1.66 bits per heavy atom. The van der Waals surface area contributed by atoms with Crippen LogP contribution in [0.25, 0.3) is 5.57 Å². The summed E-state index contributed by atoms with van der Waals surface area (Å²) in [5.74, 6) is -0.825. The van der Waals surface area contributed by atoms with Gasteiger partial charge in [-0.25, -0.2) is 18.0 Å². The Morgan fingerprint density at radius 1 is 0.952 bits per heavy atom. The van der Waals surface area contributed by atoms with Gasteiger partial charge in [0, 0.05) is 42.9 Å². The molecule has 2 saturated heterocycles. The second-order valence-corrected chi connectivity index (χ2v) is 18.6. The highest BCUT2D eigenvalue weighted by Gasteiger charge is 2.51. The van der Waals surface area contributed by atoms with Crippen LogP contribution in [0, 0.1) is 5.41 Å². The lowest BCUT2D eigenvalue weighted by atomic mass is 9.69. The van der Waals surface area contributed by atoms with Gasteiger partial charge in [0.05, 0.1) is 11.5 Å². The summed E-state index contributed by atoms with van der Waals surface area (Å²) in [5, 5.41) is 0. The fourth-order valence-electron chi connectivity index (χ4n) is 8.63. The highest BCUT2D eigenvalue weighted by atomic mass is 32.2. The van der Waals surface area contributed by atoms with Crippen LogP contribution in [0.3, 0.4) is 0 Å². The van der Waals surface area contributed by atoms with Gasteiger partial charge < -0.3 is 24.8 Å². The van der Waals surface area contributed by atoms with Crippen molar-refractivity contribution in [3.8, 4) is 5.88 Å². The van der Waals surface area contributed by atoms with E-state index >= 15 is 0 Å². The first-order chi connectivity index (χ1) is 29.4. The largest absolute Gasteiger partial charge is 0.464 e. The maximum Gasteiger partial charge on any atom is 0.429 e. The lowest BCUT2D eigenvalue weighted by Gasteiger charge is -2.39. The van der Waals surface area contributed by atoms with Gasteiger partial charge in [0.1, 0.15) is 18.5 Å². The van der Waals surface area contributed by atoms with Gasteiger partial charge in [0.2, 0.25) is 17.9 Å². The van der Waals surface area contributed by atoms with Crippen molar-refractivity contribution in [2.45, 2.75) is 81.7 Å². The molecule has 1 aliphatic carbocycles. The molecule has 3 atom stereocenters. The Bertz CT molecular complexity index is 2470. The third-order valence-electron chi connectivity index (χ3n) is 12.3. The molecule has 3 heterocycles. The molecule has 1 unspecified atom stereocenters. The van der Waals surface area contributed by atoms with Crippen LogP contribution in [0.4, 0.5) is 29.7 Å². The number of halogens is 3. The van der Waals surface area contributed by atoms with Crippen LogP contribution in [0.1, 0.15) is 74.8 Å². The van der Waals surface area contributed by atoms with E-state index in [2.05, 4.69) is 9.97 Å². The van der Waals surface area contributed by atoms with E-state index < -0.39 is 51.1 Å². The topological polar surface area (TPSA) is 154 Å². The minimum Gasteiger partial charge on any atom is -0.464 e. The van der Waals surface area contributed by atoms with Crippen LogP contribution in [-0.4, -0.2) is 80.1 Å². The van der Waals surface area contributed by atoms with Crippen molar-refractivity contribution < 1.29 is 45.4 Å². The highest BCUT2D eigenvalue weighted by Crippen LogP contribution is 2.46. The molecule has 1 amide bonds. The number of esters is 1. The van der Waals surface area contributed by atoms with E-state index in [9.17, 15) is 31.2 Å². The number of ether oxygens (including phenoxy) is 3. The molecule has 1 aromatic heterocycles. The number of piperidine rings is 1. The molecule has 12 nitrogen and oxygen atoms in total. The van der Waals surface area contributed by atoms with Gasteiger partial charge in [0.25, 0.3) is 0 Å². The molecule has 4 aromatic rings. The number of anilines is 2. The normalized spacial score (nSPS) is 20.6. The van der Waals surface area contributed by atoms with Crippen LogP contribution >= 0.6 is 0 Å². The maximum absolute atomic E-state index is 14.7. The molecule has 7 rings (SSSR count). The van der Waals surface area contributed by atoms with Crippen LogP contribution in [-0.2, 0) is 36.1 Å². The molecule has 2 aliphatic heterocycles. The van der Waals surface area contributed by atoms with Crippen LogP contribution < -0.4 is 15.4 Å². The quantitative estimate of drug-likeness (QED) is 0.145. The zero-order chi connectivity index (χ0) is 44.5. The molecule has 0 radical (unpaired) electrons. The summed E-state index contributed by atoms with van der Waals surface area (Å²) in [7, 11) is -3.44. The number of hydrogen-bond donors (Lipinski definition) is 1. The van der Waals surface area contributed by atoms with Gasteiger partial charge in [-0.3, -0.25) is 4.90 Å². The number of benzene rings is 3. The molecule has 0 bridgehead atoms. The lowest BCUT2D eigenvalue weighted by molar-refractivity contribution is -0.198. The molecule has 62 heavy (non-hydrogen) atoms. The zero-order valence-corrected chi connectivity index (χ0v) is 35.8. The van der Waals surface area contributed by atoms with E-state index in [1.54, 1.807) is 37.3 Å². The average Bonchev–Trinajstić information content (AvgIpc) is 3.62. The molecule has 1 spiro atoms. The van der Waals surface area contributed by atoms with E-state index in [1.165, 1.54) is 23.1 Å². The van der Waals surface area contributed by atoms with Crippen molar-refractivity contribution in [2.75, 3.05) is 43.1 Å². The van der Waals surface area contributed by atoms with E-state index in [0.717, 1.165) is 28.5 Å². The molecule has 3 aromatic carbocycles. The van der Waals surface area contributed by atoms with Crippen molar-refractivity contribution in [1.82, 2.24) is 14.9 Å². The number of carbonyl (C=O) groups is 2. The predicted octanol–water partition coefficient (Wildman–Crippen LogP) is 8.40. The van der Waals surface area contributed by atoms with Gasteiger partial charge in [-0.15, -0.1) is 0 Å². The number of nitrogen functional groups attached to an aromatic ring is 1. The number of hydrogen-bond acceptors (Lipinski definition) is 11. The molecule has 2 N–H and O–H groups in total. The third kappa shape index (κ3) is 9.59. The highest BCUT2D eigenvalue weighted by molar-refractivity contribution is 7.90. The summed E-state index contributed by atoms with van der Waals surface area (Å²) < 4.78 is 85.4. The smallest absolute Gasteiger partial charge is 0.429 e. The number of nitrogens with two attached hydrogens (primary N) is 1. The third-order valence-corrected chi connectivity index (χ3v) is 13.4. The summed E-state index contributed by atoms with van der Waals surface area (Å²) in [6.45, 7) is 7.01. The summed E-state index contributed by atoms with van der Waals surface area (Å²) in [5.41, 5.74) is 9.15. The number of alkyl halides is 3. The average molecular weight is 874 g/mol. The van der Waals surface area contributed by atoms with E-state index in [4.69, 9.17) is 19.9 Å². The predicted molar refractivity (Wildman–Crippen MR) is 228 cm³/mol. The van der Waals surface area contributed by atoms with E-state index in [1.807, 2.05) is 67.3 Å². The number of allylic oxidation sites excluding steroid dienone is 4. The molecule has 2 fully saturated rings. The van der Waals surface area contributed by atoms with Crippen LogP contribution in [0.15, 0.2) is 108 Å². The van der Waals surface area contributed by atoms with Gasteiger partial charge in [-0.2, -0.15) is 23.1 Å². The molecule has 16 heteroatoms. The van der Waals surface area contributed by atoms with Crippen molar-refractivity contribution in [3.05, 3.63) is 125 Å². The van der Waals surface area contributed by atoms with Crippen molar-refractivity contribution >= 4 is 39.2 Å². The zero-order valence-electron chi connectivity index (χ0n) is 35.0. The molecule has 0 saturated carbocycles. The summed E-state index contributed by atoms with van der Waals surface area (Å²) in [6, 6.07) is 22.6. The second-order valence-electron chi connectivity index (χ2n) is 16.6. The fraction of sp³-hybridized carbons (Fsp3) is 0.391. The maximum atomic E-state index is 14.7. The SMILES string of the molecule is CCOC(=O)[C@@H]1CC2(CCN(c3cc(O[C@H](c4ccc(C5=CC=C(C)C(C)(c6cccc(S(C)(=O)=O)c6)C5)cc4)C(F)(F)F)nc(N)n3)CC2)CN1C(=O)OCc1ccccc1. The number of likely N-dealkylation sites (tertiary alicyclic amines) is 1. The van der Waals surface area contributed by atoms with E-state index in [0.29, 0.717) is 44.3 Å². The Balaban J connectivity index is 1.04. The van der Waals surface area contributed by atoms with Crippen LogP contribution in [0.2, 0.25) is 0 Å². The molecular formula is C46H50F3N5O7S. The minimum atomic E-state index is -4.82. The van der Waals surface area contributed by atoms with E-state index in [-0.39, 0.29) is 47.9 Å². The number of carbonyl (C=O) groups excluding carboxylic acids is 2. The van der Waals surface area contributed by atoms with Crippen molar-refractivity contribution in [1.29, 1.82) is 0 Å². The molecular weight excluding hydrogens is 824 g/mol. The van der Waals surface area contributed by atoms with Gasteiger partial charge >= 0.3 is 18.2 Å². The lowest BCUT2D eigenvalue weighted by Crippen LogP contribution is -2.43. The first-order valence-electron chi connectivity index (χ1n) is 20.4. The molecule has 328 valence electrons. The molecule has 3 aliphatic rings. The summed E-state index contributed by atoms with van der Waals surface area (Å²) in [4.78, 5) is 38.3. The Hall–Kier alpha value is -5.90. The first-order valence-corrected chi connectivity index (χ1v) is 22.3. The fourth-order valence-corrected chi connectivity index (χ4v) is 9.29. The number of aromatic nitrogens is 2. The Labute approximate surface area is 359 Å². The van der Waals surface area contributed by atoms with Gasteiger partial charge in [-0.05, 0) is 79.3 Å². The summed E-state index contributed by atoms with van der Waals surface area (Å²) >= 11 is 0. The monoisotopic (exact) mass is 873 g/mol. The number of sulfone groups is 1. The summed E-state index contributed by atoms with van der Waals surface area (Å²) in [6.07, 6.45) is -0.807. The number of nitrogens with zero attached hydrogens (tertiary/aromatic N) is 4. The minimum absolute atomic E-state index is 0.0511. The second kappa shape index (κ2) is 17.5. The van der Waals surface area contributed by atoms with Gasteiger partial charge in [0.15, 0.2) is 9.84 Å². The van der Waals surface area contributed by atoms with Gasteiger partial charge in [-0.1, -0.05) is 91.4 Å². The van der Waals surface area contributed by atoms with Crippen LogP contribution in [0.5, 0.6) is 5.88 Å². The Morgan fingerprint density at radius 3 is 2.32 bits per heavy atom. The van der Waals surface area contributed by atoms with Crippen molar-refractivity contribution in [2.24, 2.45) is 5.41 Å². The first kappa shape index (κ1) is 44.2. The standard InChI is InChI=1S/C46H50F3N5O7S/c1-5-59-41(55)37-27-45(29-54(37)43(56)60-28-31-10-7-6-8-11-31)20-22-53(23-21-45)38-25-39(52-42(50)51-38)61-40(46(47,48)49)33-18-16-32(17-19-33)34-15-14-30(2)44(3,26-34)35-12-9-13-36(24-35)62(4,57)58/h6-19,24-25,37,40H,5,20-23,26-29H2,1-4H3,(H2,50,51,52)/t37-,40+,44?/m0/s1. The number of amides is 1. The van der Waals surface area contributed by atoms with Crippen molar-refractivity contribution in [3.63, 3.8) is 0 Å². The Kier molecular flexibility index (Phi) is 12.4.